The van der Waals surface area contributed by atoms with Gasteiger partial charge in [0.1, 0.15) is 9.81 Å². The second-order valence-electron chi connectivity index (χ2n) is 4.57. The fraction of sp³-hybridized carbons (Fsp3) is 0.100. The molecule has 1 aromatic rings. The first kappa shape index (κ1) is 18.4. The maximum atomic E-state index is 11.6. The van der Waals surface area contributed by atoms with Crippen molar-refractivity contribution in [2.24, 2.45) is 0 Å². The van der Waals surface area contributed by atoms with Crippen molar-refractivity contribution in [3.05, 3.63) is 45.8 Å². The SMILES string of the molecule is [N-]=[N+]=C1c2ccccc2C(S(=O)(=O)O)=C(S(=O)(=O)O)C1S(=O)(=O)O. The van der Waals surface area contributed by atoms with Crippen molar-refractivity contribution in [2.75, 3.05) is 0 Å². The van der Waals surface area contributed by atoms with Gasteiger partial charge in [-0.3, -0.25) is 13.7 Å². The van der Waals surface area contributed by atoms with Crippen LogP contribution in [-0.4, -0.2) is 54.7 Å². The fourth-order valence-corrected chi connectivity index (χ4v) is 6.16. The monoisotopic (exact) mass is 396 g/mol. The molecule has 0 heterocycles. The van der Waals surface area contributed by atoms with Crippen LogP contribution >= 0.6 is 0 Å². The molecular formula is C10H8N2O9S3. The quantitative estimate of drug-likeness (QED) is 0.339. The van der Waals surface area contributed by atoms with Gasteiger partial charge in [0.25, 0.3) is 30.4 Å². The third-order valence-corrected chi connectivity index (χ3v) is 6.38. The number of benzene rings is 1. The number of hydrogen-bond acceptors (Lipinski definition) is 6. The Hall–Kier alpha value is -1.93. The van der Waals surface area contributed by atoms with Crippen molar-refractivity contribution in [1.82, 2.24) is 0 Å². The molecule has 24 heavy (non-hydrogen) atoms. The molecule has 1 aromatic carbocycles. The van der Waals surface area contributed by atoms with E-state index < -0.39 is 56.7 Å². The molecule has 0 amide bonds. The fourth-order valence-electron chi connectivity index (χ4n) is 2.32. The van der Waals surface area contributed by atoms with Crippen molar-refractivity contribution in [3.8, 4) is 0 Å². The van der Waals surface area contributed by atoms with Gasteiger partial charge in [-0.1, -0.05) is 18.2 Å². The van der Waals surface area contributed by atoms with Crippen LogP contribution in [0, 0.1) is 0 Å². The van der Waals surface area contributed by atoms with Gasteiger partial charge >= 0.3 is 5.71 Å². The van der Waals surface area contributed by atoms with E-state index in [1.54, 1.807) is 0 Å². The Morgan fingerprint density at radius 1 is 0.875 bits per heavy atom. The Labute approximate surface area is 136 Å². The molecule has 0 saturated heterocycles. The van der Waals surface area contributed by atoms with E-state index in [9.17, 15) is 38.9 Å². The van der Waals surface area contributed by atoms with E-state index in [0.717, 1.165) is 12.1 Å². The van der Waals surface area contributed by atoms with Crippen molar-refractivity contribution < 1.29 is 43.7 Å². The Morgan fingerprint density at radius 2 is 1.38 bits per heavy atom. The molecule has 1 unspecified atom stereocenters. The smallest absolute Gasteiger partial charge is 0.325 e. The van der Waals surface area contributed by atoms with Gasteiger partial charge in [-0.05, 0) is 6.07 Å². The summed E-state index contributed by atoms with van der Waals surface area (Å²) >= 11 is 0. The molecule has 0 radical (unpaired) electrons. The van der Waals surface area contributed by atoms with Crippen molar-refractivity contribution in [3.63, 3.8) is 0 Å². The summed E-state index contributed by atoms with van der Waals surface area (Å²) in [5.41, 5.74) is 7.17. The number of fused-ring (bicyclic) bond motifs is 1. The molecule has 2 rings (SSSR count). The van der Waals surface area contributed by atoms with Gasteiger partial charge in [0.15, 0.2) is 0 Å². The lowest BCUT2D eigenvalue weighted by Gasteiger charge is -2.22. The van der Waals surface area contributed by atoms with Gasteiger partial charge < -0.3 is 5.53 Å². The third-order valence-electron chi connectivity index (χ3n) is 3.10. The lowest BCUT2D eigenvalue weighted by molar-refractivity contribution is -0.00603. The number of nitrogens with zero attached hydrogens (tertiary/aromatic N) is 2. The molecule has 3 N–H and O–H groups in total. The second-order valence-corrected chi connectivity index (χ2v) is 8.82. The summed E-state index contributed by atoms with van der Waals surface area (Å²) in [6.07, 6.45) is 0. The molecule has 0 saturated carbocycles. The Balaban J connectivity index is 3.25. The molecule has 0 aromatic heterocycles. The lowest BCUT2D eigenvalue weighted by atomic mass is 9.95. The van der Waals surface area contributed by atoms with Gasteiger partial charge in [-0.25, -0.2) is 0 Å². The second kappa shape index (κ2) is 5.56. The normalized spacial score (nSPS) is 19.0. The predicted molar refractivity (Wildman–Crippen MR) is 79.5 cm³/mol. The summed E-state index contributed by atoms with van der Waals surface area (Å²) in [5, 5.41) is -2.76. The zero-order chi connectivity index (χ0) is 18.5. The van der Waals surface area contributed by atoms with Crippen LogP contribution < -0.4 is 0 Å². The van der Waals surface area contributed by atoms with Crippen LogP contribution in [0.5, 0.6) is 0 Å². The van der Waals surface area contributed by atoms with Crippen LogP contribution in [0.1, 0.15) is 11.1 Å². The van der Waals surface area contributed by atoms with E-state index >= 15 is 0 Å². The molecule has 14 heteroatoms. The average molecular weight is 396 g/mol. The largest absolute Gasteiger partial charge is 0.361 e. The molecule has 11 nitrogen and oxygen atoms in total. The minimum absolute atomic E-state index is 0.386. The Bertz CT molecular complexity index is 1120. The van der Waals surface area contributed by atoms with Crippen LogP contribution in [0.3, 0.4) is 0 Å². The van der Waals surface area contributed by atoms with Crippen LogP contribution in [0.4, 0.5) is 0 Å². The van der Waals surface area contributed by atoms with E-state index in [4.69, 9.17) is 5.53 Å². The summed E-state index contributed by atoms with van der Waals surface area (Å²) in [7, 11) is -16.4. The van der Waals surface area contributed by atoms with E-state index in [0.29, 0.717) is 0 Å². The Kier molecular flexibility index (Phi) is 4.26. The number of hydrogen-bond donors (Lipinski definition) is 3. The summed E-state index contributed by atoms with van der Waals surface area (Å²) in [4.78, 5) is -0.591. The zero-order valence-electron chi connectivity index (χ0n) is 11.3. The molecule has 130 valence electrons. The summed E-state index contributed by atoms with van der Waals surface area (Å²) in [6, 6.07) is 4.53. The lowest BCUT2D eigenvalue weighted by Crippen LogP contribution is -2.40. The third kappa shape index (κ3) is 3.03. The number of rotatable bonds is 3. The van der Waals surface area contributed by atoms with E-state index in [1.807, 2.05) is 0 Å². The molecule has 0 bridgehead atoms. The summed E-state index contributed by atoms with van der Waals surface area (Å²) < 4.78 is 97.4. The topological polar surface area (TPSA) is 200 Å². The minimum atomic E-state index is -5.57. The highest BCUT2D eigenvalue weighted by atomic mass is 32.2. The van der Waals surface area contributed by atoms with E-state index in [2.05, 4.69) is 4.79 Å². The van der Waals surface area contributed by atoms with Crippen molar-refractivity contribution in [1.29, 1.82) is 0 Å². The molecule has 1 aliphatic carbocycles. The van der Waals surface area contributed by atoms with Crippen LogP contribution in [0.2, 0.25) is 0 Å². The summed E-state index contributed by atoms with van der Waals surface area (Å²) in [5.74, 6) is 0. The predicted octanol–water partition coefficient (Wildman–Crippen LogP) is -0.580. The first-order chi connectivity index (χ1) is 10.8. The molecule has 1 aliphatic rings. The molecule has 1 atom stereocenters. The van der Waals surface area contributed by atoms with Gasteiger partial charge in [0, 0.05) is 5.56 Å². The maximum absolute atomic E-state index is 11.6. The molecule has 0 spiro atoms. The van der Waals surface area contributed by atoms with Crippen LogP contribution in [-0.2, 0) is 30.4 Å². The highest BCUT2D eigenvalue weighted by Crippen LogP contribution is 2.39. The first-order valence-corrected chi connectivity index (χ1v) is 10.2. The summed E-state index contributed by atoms with van der Waals surface area (Å²) in [6.45, 7) is 0. The maximum Gasteiger partial charge on any atom is 0.325 e. The molecular weight excluding hydrogens is 388 g/mol. The molecule has 0 fully saturated rings. The highest BCUT2D eigenvalue weighted by Gasteiger charge is 2.53. The minimum Gasteiger partial charge on any atom is -0.361 e. The van der Waals surface area contributed by atoms with Gasteiger partial charge in [0.2, 0.25) is 5.25 Å². The van der Waals surface area contributed by atoms with Gasteiger partial charge in [0.05, 0.1) is 5.56 Å². The average Bonchev–Trinajstić information content (AvgIpc) is 2.41. The van der Waals surface area contributed by atoms with Gasteiger partial charge in [-0.15, -0.1) is 0 Å². The standard InChI is InChI=1S/C10H8N2O9S3/c11-12-7-5-3-1-2-4-6(5)8(22(13,14)15)10(24(19,20)21)9(7)23(16,17)18/h1-4,9H,(H,13,14,15)(H,16,17,18)(H,19,20,21). The zero-order valence-corrected chi connectivity index (χ0v) is 13.7. The van der Waals surface area contributed by atoms with Crippen LogP contribution in [0.15, 0.2) is 29.2 Å². The van der Waals surface area contributed by atoms with E-state index in [-0.39, 0.29) is 5.56 Å². The van der Waals surface area contributed by atoms with Gasteiger partial charge in [-0.2, -0.15) is 30.0 Å². The molecule has 0 aliphatic heterocycles. The first-order valence-electron chi connectivity index (χ1n) is 5.77. The van der Waals surface area contributed by atoms with Crippen molar-refractivity contribution >= 4 is 41.0 Å². The van der Waals surface area contributed by atoms with Crippen molar-refractivity contribution in [2.45, 2.75) is 5.25 Å². The van der Waals surface area contributed by atoms with E-state index in [1.165, 1.54) is 12.1 Å². The highest BCUT2D eigenvalue weighted by molar-refractivity contribution is 7.99. The Morgan fingerprint density at radius 3 is 1.75 bits per heavy atom. The van der Waals surface area contributed by atoms with Crippen LogP contribution in [0.25, 0.3) is 10.4 Å².